The summed E-state index contributed by atoms with van der Waals surface area (Å²) < 4.78 is 28.8. The van der Waals surface area contributed by atoms with E-state index in [1.807, 2.05) is 36.4 Å². The molecule has 0 aliphatic heterocycles. The maximum Gasteiger partial charge on any atom is 0.250 e. The zero-order valence-corrected chi connectivity index (χ0v) is 17.4. The van der Waals surface area contributed by atoms with Crippen molar-refractivity contribution in [2.45, 2.75) is 16.7 Å². The number of carbonyl (C=O) groups excluding carboxylic acids is 1. The molecule has 0 unspecified atom stereocenters. The van der Waals surface area contributed by atoms with Crippen LogP contribution >= 0.6 is 27.3 Å². The second-order valence-corrected chi connectivity index (χ2v) is 9.60. The smallest absolute Gasteiger partial charge is 0.250 e. The van der Waals surface area contributed by atoms with Gasteiger partial charge in [0.2, 0.25) is 5.91 Å². The van der Waals surface area contributed by atoms with Crippen LogP contribution in [0.25, 0.3) is 0 Å². The van der Waals surface area contributed by atoms with Gasteiger partial charge >= 0.3 is 0 Å². The van der Waals surface area contributed by atoms with Crippen LogP contribution in [0, 0.1) is 0 Å². The monoisotopic (exact) mass is 464 g/mol. The van der Waals surface area contributed by atoms with E-state index in [1.165, 1.54) is 6.07 Å². The van der Waals surface area contributed by atoms with Crippen molar-refractivity contribution >= 4 is 48.9 Å². The third-order valence-corrected chi connectivity index (χ3v) is 7.11. The van der Waals surface area contributed by atoms with Gasteiger partial charge in [-0.25, -0.2) is 8.42 Å². The summed E-state index contributed by atoms with van der Waals surface area (Å²) in [5.41, 5.74) is 1.45. The molecule has 0 aliphatic rings. The van der Waals surface area contributed by atoms with Crippen LogP contribution in [0.1, 0.15) is 5.56 Å². The number of halogens is 1. The van der Waals surface area contributed by atoms with Crippen LogP contribution in [-0.2, 0) is 21.2 Å². The largest absolute Gasteiger partial charge is 0.325 e. The normalized spacial score (nSPS) is 12.5. The molecular weight excluding hydrogens is 448 g/mol. The number of benzene rings is 2. The Morgan fingerprint density at radius 2 is 1.81 bits per heavy atom. The first-order chi connectivity index (χ1) is 12.9. The third-order valence-electron chi connectivity index (χ3n) is 3.75. The predicted octanol–water partition coefficient (Wildman–Crippen LogP) is 4.04. The fourth-order valence-electron chi connectivity index (χ4n) is 2.50. The summed E-state index contributed by atoms with van der Waals surface area (Å²) in [6.45, 7) is 0. The number of anilines is 1. The second kappa shape index (κ2) is 8.79. The zero-order chi connectivity index (χ0) is 19.3. The SMILES string of the molecule is O=C(Nc1cccc(Br)c1)[C@H](Cc1ccccc1)NS(=O)(=O)c1cccs1. The Bertz CT molecular complexity index is 1010. The third kappa shape index (κ3) is 5.49. The molecule has 1 amide bonds. The Labute approximate surface area is 170 Å². The summed E-state index contributed by atoms with van der Waals surface area (Å²) >= 11 is 4.46. The highest BCUT2D eigenvalue weighted by molar-refractivity contribution is 9.10. The molecule has 1 aromatic heterocycles. The standard InChI is InChI=1S/C19H17BrN2O3S2/c20-15-8-4-9-16(13-15)21-19(23)17(12-14-6-2-1-3-7-14)22-27(24,25)18-10-5-11-26-18/h1-11,13,17,22H,12H2,(H,21,23)/t17-/m0/s1. The predicted molar refractivity (Wildman–Crippen MR) is 111 cm³/mol. The fourth-order valence-corrected chi connectivity index (χ4v) is 5.10. The van der Waals surface area contributed by atoms with E-state index < -0.39 is 22.0 Å². The molecule has 0 radical (unpaired) electrons. The van der Waals surface area contributed by atoms with E-state index in [0.717, 1.165) is 21.4 Å². The summed E-state index contributed by atoms with van der Waals surface area (Å²) in [4.78, 5) is 12.8. The summed E-state index contributed by atoms with van der Waals surface area (Å²) in [6, 6.07) is 18.7. The molecule has 27 heavy (non-hydrogen) atoms. The molecule has 0 saturated heterocycles. The van der Waals surface area contributed by atoms with E-state index >= 15 is 0 Å². The highest BCUT2D eigenvalue weighted by Crippen LogP contribution is 2.19. The van der Waals surface area contributed by atoms with E-state index in [4.69, 9.17) is 0 Å². The molecule has 0 aliphatic carbocycles. The minimum absolute atomic E-state index is 0.177. The Balaban J connectivity index is 1.83. The highest BCUT2D eigenvalue weighted by atomic mass is 79.9. The molecular formula is C19H17BrN2O3S2. The van der Waals surface area contributed by atoms with Crippen molar-refractivity contribution in [2.75, 3.05) is 5.32 Å². The maximum absolute atomic E-state index is 12.8. The van der Waals surface area contributed by atoms with Gasteiger partial charge < -0.3 is 5.32 Å². The number of hydrogen-bond donors (Lipinski definition) is 2. The number of hydrogen-bond acceptors (Lipinski definition) is 4. The van der Waals surface area contributed by atoms with Gasteiger partial charge in [-0.1, -0.05) is 58.4 Å². The van der Waals surface area contributed by atoms with Crippen molar-refractivity contribution in [1.29, 1.82) is 0 Å². The molecule has 2 N–H and O–H groups in total. The molecule has 5 nitrogen and oxygen atoms in total. The lowest BCUT2D eigenvalue weighted by Gasteiger charge is -2.18. The summed E-state index contributed by atoms with van der Waals surface area (Å²) in [5.74, 6) is -0.419. The van der Waals surface area contributed by atoms with E-state index in [9.17, 15) is 13.2 Å². The highest BCUT2D eigenvalue weighted by Gasteiger charge is 2.26. The average molecular weight is 465 g/mol. The van der Waals surface area contributed by atoms with Crippen LogP contribution in [0.4, 0.5) is 5.69 Å². The number of amides is 1. The quantitative estimate of drug-likeness (QED) is 0.553. The summed E-state index contributed by atoms with van der Waals surface area (Å²) in [7, 11) is -3.78. The second-order valence-electron chi connectivity index (χ2n) is 5.80. The number of nitrogens with one attached hydrogen (secondary N) is 2. The number of thiophene rings is 1. The van der Waals surface area contributed by atoms with E-state index in [2.05, 4.69) is 26.0 Å². The Hall–Kier alpha value is -2.00. The molecule has 2 aromatic carbocycles. The molecule has 1 heterocycles. The average Bonchev–Trinajstić information content (AvgIpc) is 3.17. The number of sulfonamides is 1. The number of rotatable bonds is 7. The lowest BCUT2D eigenvalue weighted by Crippen LogP contribution is -2.45. The van der Waals surface area contributed by atoms with Crippen LogP contribution in [0.3, 0.4) is 0 Å². The molecule has 0 saturated carbocycles. The topological polar surface area (TPSA) is 75.3 Å². The van der Waals surface area contributed by atoms with Gasteiger partial charge in [-0.05, 0) is 41.6 Å². The first-order valence-corrected chi connectivity index (χ1v) is 11.3. The van der Waals surface area contributed by atoms with Crippen molar-refractivity contribution in [3.8, 4) is 0 Å². The van der Waals surface area contributed by atoms with Gasteiger partial charge in [0, 0.05) is 10.2 Å². The van der Waals surface area contributed by atoms with Crippen LogP contribution in [0.5, 0.6) is 0 Å². The van der Waals surface area contributed by atoms with Crippen LogP contribution in [0.2, 0.25) is 0 Å². The van der Waals surface area contributed by atoms with Crippen LogP contribution in [-0.4, -0.2) is 20.4 Å². The zero-order valence-electron chi connectivity index (χ0n) is 14.1. The van der Waals surface area contributed by atoms with Gasteiger partial charge in [0.1, 0.15) is 10.3 Å². The van der Waals surface area contributed by atoms with Crippen LogP contribution in [0.15, 0.2) is 80.8 Å². The minimum Gasteiger partial charge on any atom is -0.325 e. The van der Waals surface area contributed by atoms with Crippen molar-refractivity contribution < 1.29 is 13.2 Å². The molecule has 3 aromatic rings. The van der Waals surface area contributed by atoms with Gasteiger partial charge in [-0.15, -0.1) is 11.3 Å². The Morgan fingerprint density at radius 1 is 1.04 bits per heavy atom. The fraction of sp³-hybridized carbons (Fsp3) is 0.105. The molecule has 8 heteroatoms. The summed E-state index contributed by atoms with van der Waals surface area (Å²) in [5, 5.41) is 4.46. The van der Waals surface area contributed by atoms with E-state index in [1.54, 1.807) is 29.6 Å². The lowest BCUT2D eigenvalue weighted by atomic mass is 10.1. The van der Waals surface area contributed by atoms with E-state index in [0.29, 0.717) is 5.69 Å². The van der Waals surface area contributed by atoms with Crippen molar-refractivity contribution in [1.82, 2.24) is 4.72 Å². The first-order valence-electron chi connectivity index (χ1n) is 8.10. The number of carbonyl (C=O) groups is 1. The van der Waals surface area contributed by atoms with E-state index in [-0.39, 0.29) is 10.6 Å². The van der Waals surface area contributed by atoms with Gasteiger partial charge in [-0.3, -0.25) is 4.79 Å². The van der Waals surface area contributed by atoms with Gasteiger partial charge in [0.25, 0.3) is 10.0 Å². The van der Waals surface area contributed by atoms with Crippen molar-refractivity contribution in [2.24, 2.45) is 0 Å². The van der Waals surface area contributed by atoms with Gasteiger partial charge in [0.15, 0.2) is 0 Å². The maximum atomic E-state index is 12.8. The van der Waals surface area contributed by atoms with Gasteiger partial charge in [0.05, 0.1) is 0 Å². The lowest BCUT2D eigenvalue weighted by molar-refractivity contribution is -0.117. The Morgan fingerprint density at radius 3 is 2.48 bits per heavy atom. The van der Waals surface area contributed by atoms with Gasteiger partial charge in [-0.2, -0.15) is 4.72 Å². The Kier molecular flexibility index (Phi) is 6.43. The molecule has 1 atom stereocenters. The minimum atomic E-state index is -3.78. The van der Waals surface area contributed by atoms with Crippen molar-refractivity contribution in [3.63, 3.8) is 0 Å². The molecule has 3 rings (SSSR count). The molecule has 0 bridgehead atoms. The molecule has 140 valence electrons. The summed E-state index contributed by atoms with van der Waals surface area (Å²) in [6.07, 6.45) is 0.241. The van der Waals surface area contributed by atoms with Crippen molar-refractivity contribution in [3.05, 3.63) is 82.1 Å². The molecule has 0 fully saturated rings. The van der Waals surface area contributed by atoms with Crippen LogP contribution < -0.4 is 10.0 Å². The first kappa shape index (κ1) is 19.8. The molecule has 0 spiro atoms.